The summed E-state index contributed by atoms with van der Waals surface area (Å²) in [7, 11) is -2.37. The molecule has 1 aromatic carbocycles. The quantitative estimate of drug-likeness (QED) is 0.683. The number of likely N-dealkylation sites (N-methyl/N-ethyl adjacent to an activating group) is 1. The minimum atomic E-state index is -3.75. The molecule has 0 aliphatic carbocycles. The third-order valence-corrected chi connectivity index (χ3v) is 6.59. The number of aromatic nitrogens is 1. The van der Waals surface area contributed by atoms with Gasteiger partial charge in [-0.3, -0.25) is 14.7 Å². The molecular weight excluding hydrogens is 392 g/mol. The van der Waals surface area contributed by atoms with Crippen molar-refractivity contribution in [3.63, 3.8) is 0 Å². The lowest BCUT2D eigenvalue weighted by Crippen LogP contribution is -2.38. The predicted molar refractivity (Wildman–Crippen MR) is 108 cm³/mol. The van der Waals surface area contributed by atoms with Crippen molar-refractivity contribution >= 4 is 15.9 Å². The van der Waals surface area contributed by atoms with Crippen molar-refractivity contribution in [1.29, 1.82) is 0 Å². The molecule has 1 aliphatic heterocycles. The number of carbonyl (C=O) groups excluding carboxylic acids is 1. The van der Waals surface area contributed by atoms with Crippen LogP contribution in [0.1, 0.15) is 11.1 Å². The molecule has 1 N–H and O–H groups in total. The van der Waals surface area contributed by atoms with Crippen molar-refractivity contribution in [2.24, 2.45) is 0 Å². The van der Waals surface area contributed by atoms with E-state index < -0.39 is 10.0 Å². The Hall–Kier alpha value is -2.33. The second-order valence-electron chi connectivity index (χ2n) is 6.88. The zero-order valence-electron chi connectivity index (χ0n) is 16.5. The number of ether oxygens (including phenoxy) is 1. The first-order chi connectivity index (χ1) is 14.0. The Labute approximate surface area is 171 Å². The van der Waals surface area contributed by atoms with E-state index in [9.17, 15) is 13.2 Å². The predicted octanol–water partition coefficient (Wildman–Crippen LogP) is 0.851. The molecule has 0 bridgehead atoms. The average molecular weight is 419 g/mol. The van der Waals surface area contributed by atoms with E-state index in [1.165, 1.54) is 25.5 Å². The summed E-state index contributed by atoms with van der Waals surface area (Å²) in [6.07, 6.45) is 2.77. The fraction of sp³-hybridized carbons (Fsp3) is 0.400. The third-order valence-electron chi connectivity index (χ3n) is 4.80. The monoisotopic (exact) mass is 418 g/mol. The molecule has 1 saturated heterocycles. The maximum absolute atomic E-state index is 12.5. The number of pyridine rings is 1. The van der Waals surface area contributed by atoms with Crippen LogP contribution in [0.4, 0.5) is 0 Å². The Morgan fingerprint density at radius 3 is 2.59 bits per heavy atom. The SMILES string of the molecule is CN(CC(=O)NCc1ccccc1CN1CCOCC1)S(=O)(=O)c1cccnc1. The van der Waals surface area contributed by atoms with Crippen LogP contribution in [0.5, 0.6) is 0 Å². The third kappa shape index (κ3) is 5.83. The summed E-state index contributed by atoms with van der Waals surface area (Å²) in [5.74, 6) is -0.360. The van der Waals surface area contributed by atoms with Gasteiger partial charge in [-0.15, -0.1) is 0 Å². The maximum atomic E-state index is 12.5. The number of nitrogens with one attached hydrogen (secondary N) is 1. The zero-order chi connectivity index (χ0) is 20.7. The fourth-order valence-corrected chi connectivity index (χ4v) is 4.19. The number of sulfonamides is 1. The molecule has 0 unspecified atom stereocenters. The van der Waals surface area contributed by atoms with Crippen molar-refractivity contribution in [2.45, 2.75) is 18.0 Å². The number of morpholine rings is 1. The van der Waals surface area contributed by atoms with Gasteiger partial charge < -0.3 is 10.1 Å². The van der Waals surface area contributed by atoms with Gasteiger partial charge in [-0.1, -0.05) is 24.3 Å². The van der Waals surface area contributed by atoms with Crippen molar-refractivity contribution < 1.29 is 17.9 Å². The standard InChI is InChI=1S/C20H26N4O4S/c1-23(29(26,27)19-7-4-8-21-14-19)16-20(25)22-13-17-5-2-3-6-18(17)15-24-9-11-28-12-10-24/h2-8,14H,9-13,15-16H2,1H3,(H,22,25). The van der Waals surface area contributed by atoms with Crippen LogP contribution in [0.2, 0.25) is 0 Å². The van der Waals surface area contributed by atoms with E-state index in [1.807, 2.05) is 18.2 Å². The van der Waals surface area contributed by atoms with Gasteiger partial charge >= 0.3 is 0 Å². The number of carbonyl (C=O) groups is 1. The number of hydrogen-bond acceptors (Lipinski definition) is 6. The highest BCUT2D eigenvalue weighted by Gasteiger charge is 2.23. The van der Waals surface area contributed by atoms with Crippen molar-refractivity contribution in [3.8, 4) is 0 Å². The molecule has 1 aliphatic rings. The smallest absolute Gasteiger partial charge is 0.244 e. The van der Waals surface area contributed by atoms with Crippen LogP contribution in [-0.4, -0.2) is 68.4 Å². The first kappa shape index (κ1) is 21.4. The lowest BCUT2D eigenvalue weighted by Gasteiger charge is -2.27. The molecule has 0 spiro atoms. The molecule has 3 rings (SSSR count). The number of nitrogens with zero attached hydrogens (tertiary/aromatic N) is 3. The topological polar surface area (TPSA) is 91.8 Å². The Morgan fingerprint density at radius 2 is 1.90 bits per heavy atom. The van der Waals surface area contributed by atoms with Gasteiger partial charge in [-0.25, -0.2) is 8.42 Å². The van der Waals surface area contributed by atoms with Crippen molar-refractivity contribution in [2.75, 3.05) is 39.9 Å². The molecule has 1 amide bonds. The van der Waals surface area contributed by atoms with E-state index in [0.717, 1.165) is 48.3 Å². The fourth-order valence-electron chi connectivity index (χ4n) is 3.10. The second-order valence-corrected chi connectivity index (χ2v) is 8.93. The largest absolute Gasteiger partial charge is 0.379 e. The molecule has 29 heavy (non-hydrogen) atoms. The van der Waals surface area contributed by atoms with E-state index in [-0.39, 0.29) is 17.3 Å². The summed E-state index contributed by atoms with van der Waals surface area (Å²) in [6, 6.07) is 10.9. The number of benzene rings is 1. The molecular formula is C20H26N4O4S. The van der Waals surface area contributed by atoms with Crippen molar-refractivity contribution in [3.05, 3.63) is 59.9 Å². The molecule has 1 fully saturated rings. The van der Waals surface area contributed by atoms with E-state index in [0.29, 0.717) is 6.54 Å². The number of amides is 1. The highest BCUT2D eigenvalue weighted by molar-refractivity contribution is 7.89. The minimum Gasteiger partial charge on any atom is -0.379 e. The first-order valence-corrected chi connectivity index (χ1v) is 10.9. The van der Waals surface area contributed by atoms with Gasteiger partial charge in [0.1, 0.15) is 4.90 Å². The van der Waals surface area contributed by atoms with Crippen molar-refractivity contribution in [1.82, 2.24) is 19.5 Å². The summed E-state index contributed by atoms with van der Waals surface area (Å²) in [5.41, 5.74) is 2.16. The summed E-state index contributed by atoms with van der Waals surface area (Å²) >= 11 is 0. The highest BCUT2D eigenvalue weighted by Crippen LogP contribution is 2.14. The van der Waals surface area contributed by atoms with Gasteiger partial charge in [0.15, 0.2) is 0 Å². The van der Waals surface area contributed by atoms with Crippen LogP contribution < -0.4 is 5.32 Å². The summed E-state index contributed by atoms with van der Waals surface area (Å²) in [5, 5.41) is 2.83. The van der Waals surface area contributed by atoms with Crippen LogP contribution in [0, 0.1) is 0 Å². The first-order valence-electron chi connectivity index (χ1n) is 9.47. The Bertz CT molecular complexity index is 915. The van der Waals surface area contributed by atoms with Gasteiger partial charge in [-0.2, -0.15) is 4.31 Å². The summed E-state index contributed by atoms with van der Waals surface area (Å²) in [4.78, 5) is 18.6. The summed E-state index contributed by atoms with van der Waals surface area (Å²) < 4.78 is 31.4. The van der Waals surface area contributed by atoms with E-state index >= 15 is 0 Å². The molecule has 0 radical (unpaired) electrons. The van der Waals surface area contributed by atoms with Crippen LogP contribution in [0.25, 0.3) is 0 Å². The molecule has 0 atom stereocenters. The van der Waals surface area contributed by atoms with E-state index in [1.54, 1.807) is 6.07 Å². The maximum Gasteiger partial charge on any atom is 0.244 e. The Balaban J connectivity index is 1.57. The molecule has 8 nitrogen and oxygen atoms in total. The average Bonchev–Trinajstić information content (AvgIpc) is 2.74. The minimum absolute atomic E-state index is 0.0613. The lowest BCUT2D eigenvalue weighted by atomic mass is 10.1. The number of rotatable bonds is 8. The van der Waals surface area contributed by atoms with Crippen LogP contribution in [0.3, 0.4) is 0 Å². The normalized spacial score (nSPS) is 15.4. The van der Waals surface area contributed by atoms with Crippen LogP contribution in [-0.2, 0) is 32.6 Å². The number of hydrogen-bond donors (Lipinski definition) is 1. The van der Waals surface area contributed by atoms with Crippen LogP contribution in [0.15, 0.2) is 53.7 Å². The van der Waals surface area contributed by atoms with E-state index in [2.05, 4.69) is 21.3 Å². The van der Waals surface area contributed by atoms with Gasteiger partial charge in [-0.05, 0) is 23.3 Å². The molecule has 9 heteroatoms. The molecule has 2 aromatic rings. The second kappa shape index (κ2) is 9.93. The van der Waals surface area contributed by atoms with Crippen LogP contribution >= 0.6 is 0 Å². The van der Waals surface area contributed by atoms with Gasteiger partial charge in [0, 0.05) is 45.6 Å². The Morgan fingerprint density at radius 1 is 1.17 bits per heavy atom. The van der Waals surface area contributed by atoms with E-state index in [4.69, 9.17) is 4.74 Å². The zero-order valence-corrected chi connectivity index (χ0v) is 17.3. The summed E-state index contributed by atoms with van der Waals surface area (Å²) in [6.45, 7) is 4.12. The molecule has 156 valence electrons. The Kier molecular flexibility index (Phi) is 7.32. The van der Waals surface area contributed by atoms with Gasteiger partial charge in [0.25, 0.3) is 0 Å². The van der Waals surface area contributed by atoms with Gasteiger partial charge in [0.2, 0.25) is 15.9 Å². The lowest BCUT2D eigenvalue weighted by molar-refractivity contribution is -0.121. The molecule has 0 saturated carbocycles. The molecule has 2 heterocycles. The highest BCUT2D eigenvalue weighted by atomic mass is 32.2. The van der Waals surface area contributed by atoms with Gasteiger partial charge in [0.05, 0.1) is 19.8 Å². The molecule has 1 aromatic heterocycles.